The number of hydrogen-bond acceptors (Lipinski definition) is 3. The van der Waals surface area contributed by atoms with E-state index in [1.165, 1.54) is 6.42 Å². The fourth-order valence-corrected chi connectivity index (χ4v) is 2.13. The first-order valence-electron chi connectivity index (χ1n) is 4.98. The van der Waals surface area contributed by atoms with E-state index in [2.05, 4.69) is 5.10 Å². The summed E-state index contributed by atoms with van der Waals surface area (Å²) in [6, 6.07) is 1.90. The van der Waals surface area contributed by atoms with Crippen molar-refractivity contribution in [3.05, 3.63) is 18.0 Å². The number of methoxy groups -OCH3 is 1. The van der Waals surface area contributed by atoms with E-state index in [0.29, 0.717) is 0 Å². The molecule has 0 bridgehead atoms. The monoisotopic (exact) mass is 195 g/mol. The number of rotatable bonds is 3. The molecule has 0 spiro atoms. The molecule has 4 heteroatoms. The summed E-state index contributed by atoms with van der Waals surface area (Å²) in [7, 11) is 3.66. The Morgan fingerprint density at radius 2 is 2.36 bits per heavy atom. The lowest BCUT2D eigenvalue weighted by Crippen LogP contribution is -2.49. The van der Waals surface area contributed by atoms with Gasteiger partial charge in [-0.05, 0) is 25.3 Å². The smallest absolute Gasteiger partial charge is 0.0885 e. The summed E-state index contributed by atoms with van der Waals surface area (Å²) in [5, 5.41) is 4.13. The van der Waals surface area contributed by atoms with Crippen molar-refractivity contribution < 1.29 is 4.74 Å². The lowest BCUT2D eigenvalue weighted by Gasteiger charge is -2.44. The minimum Gasteiger partial charge on any atom is -0.376 e. The standard InChI is InChI=1S/C10H17N3O/c1-13-8(4-7-12-13)9(11)10(14-2)5-3-6-10/h4,7,9H,3,5-6,11H2,1-2H3. The Hall–Kier alpha value is -0.870. The van der Waals surface area contributed by atoms with E-state index in [-0.39, 0.29) is 11.6 Å². The van der Waals surface area contributed by atoms with Gasteiger partial charge >= 0.3 is 0 Å². The van der Waals surface area contributed by atoms with Gasteiger partial charge in [0.15, 0.2) is 0 Å². The predicted molar refractivity (Wildman–Crippen MR) is 53.7 cm³/mol. The van der Waals surface area contributed by atoms with Crippen molar-refractivity contribution in [2.24, 2.45) is 12.8 Å². The highest BCUT2D eigenvalue weighted by molar-refractivity contribution is 5.14. The summed E-state index contributed by atoms with van der Waals surface area (Å²) in [5.41, 5.74) is 7.11. The van der Waals surface area contributed by atoms with Crippen LogP contribution in [0.3, 0.4) is 0 Å². The lowest BCUT2D eigenvalue weighted by atomic mass is 9.73. The van der Waals surface area contributed by atoms with Crippen molar-refractivity contribution in [1.82, 2.24) is 9.78 Å². The van der Waals surface area contributed by atoms with Gasteiger partial charge in [0.25, 0.3) is 0 Å². The summed E-state index contributed by atoms with van der Waals surface area (Å²) in [5.74, 6) is 0. The second-order valence-electron chi connectivity index (χ2n) is 3.98. The molecule has 0 aromatic carbocycles. The maximum Gasteiger partial charge on any atom is 0.0885 e. The molecule has 2 rings (SSSR count). The molecule has 1 aromatic heterocycles. The Labute approximate surface area is 84.0 Å². The Kier molecular flexibility index (Phi) is 2.33. The largest absolute Gasteiger partial charge is 0.376 e. The van der Waals surface area contributed by atoms with E-state index in [4.69, 9.17) is 10.5 Å². The Balaban J connectivity index is 2.22. The second kappa shape index (κ2) is 3.37. The molecule has 0 saturated heterocycles. The van der Waals surface area contributed by atoms with Crippen LogP contribution >= 0.6 is 0 Å². The summed E-state index contributed by atoms with van der Waals surface area (Å²) < 4.78 is 7.37. The molecule has 1 fully saturated rings. The van der Waals surface area contributed by atoms with Gasteiger partial charge in [0.1, 0.15) is 0 Å². The molecule has 1 heterocycles. The van der Waals surface area contributed by atoms with Crippen LogP contribution in [0.4, 0.5) is 0 Å². The van der Waals surface area contributed by atoms with Crippen LogP contribution in [0.1, 0.15) is 31.0 Å². The third kappa shape index (κ3) is 1.26. The van der Waals surface area contributed by atoms with Crippen molar-refractivity contribution in [3.8, 4) is 0 Å². The molecular weight excluding hydrogens is 178 g/mol. The molecule has 0 aliphatic heterocycles. The lowest BCUT2D eigenvalue weighted by molar-refractivity contribution is -0.0926. The highest BCUT2D eigenvalue weighted by Gasteiger charge is 2.44. The van der Waals surface area contributed by atoms with Gasteiger partial charge < -0.3 is 10.5 Å². The summed E-state index contributed by atoms with van der Waals surface area (Å²) in [6.07, 6.45) is 5.09. The molecule has 0 amide bonds. The van der Waals surface area contributed by atoms with Crippen molar-refractivity contribution in [2.75, 3.05) is 7.11 Å². The normalized spacial score (nSPS) is 21.6. The van der Waals surface area contributed by atoms with Crippen LogP contribution in [-0.4, -0.2) is 22.5 Å². The fourth-order valence-electron chi connectivity index (χ4n) is 2.13. The number of hydrogen-bond donors (Lipinski definition) is 1. The average molecular weight is 195 g/mol. The predicted octanol–water partition coefficient (Wildman–Crippen LogP) is 0.989. The number of nitrogens with two attached hydrogens (primary N) is 1. The van der Waals surface area contributed by atoms with Crippen LogP contribution in [0.15, 0.2) is 12.3 Å². The third-order valence-corrected chi connectivity index (χ3v) is 3.35. The zero-order valence-electron chi connectivity index (χ0n) is 8.73. The number of aromatic nitrogens is 2. The van der Waals surface area contributed by atoms with Crippen molar-refractivity contribution in [1.29, 1.82) is 0 Å². The summed E-state index contributed by atoms with van der Waals surface area (Å²) in [6.45, 7) is 0. The first kappa shape index (κ1) is 9.68. The Morgan fingerprint density at radius 3 is 2.71 bits per heavy atom. The third-order valence-electron chi connectivity index (χ3n) is 3.35. The number of aryl methyl sites for hydroxylation is 1. The van der Waals surface area contributed by atoms with E-state index in [1.807, 2.05) is 17.8 Å². The number of nitrogens with zero attached hydrogens (tertiary/aromatic N) is 2. The topological polar surface area (TPSA) is 53.1 Å². The molecule has 2 N–H and O–H groups in total. The molecule has 1 aliphatic carbocycles. The highest BCUT2D eigenvalue weighted by Crippen LogP contribution is 2.43. The van der Waals surface area contributed by atoms with Gasteiger partial charge in [-0.25, -0.2) is 0 Å². The number of ether oxygens (including phenoxy) is 1. The quantitative estimate of drug-likeness (QED) is 0.782. The van der Waals surface area contributed by atoms with Gasteiger partial charge in [0.05, 0.1) is 17.3 Å². The van der Waals surface area contributed by atoms with Crippen LogP contribution in [0, 0.1) is 0 Å². The van der Waals surface area contributed by atoms with E-state index in [9.17, 15) is 0 Å². The van der Waals surface area contributed by atoms with E-state index in [1.54, 1.807) is 13.3 Å². The second-order valence-corrected chi connectivity index (χ2v) is 3.98. The Bertz CT molecular complexity index is 311. The minimum atomic E-state index is -0.145. The van der Waals surface area contributed by atoms with Gasteiger partial charge in [0, 0.05) is 20.4 Å². The molecule has 14 heavy (non-hydrogen) atoms. The maximum absolute atomic E-state index is 6.21. The van der Waals surface area contributed by atoms with Crippen LogP contribution in [0.5, 0.6) is 0 Å². The van der Waals surface area contributed by atoms with Gasteiger partial charge in [-0.3, -0.25) is 4.68 Å². The SMILES string of the molecule is COC1(C(N)c2ccnn2C)CCC1. The van der Waals surface area contributed by atoms with Crippen LogP contribution in [0.25, 0.3) is 0 Å². The van der Waals surface area contributed by atoms with Gasteiger partial charge in [-0.2, -0.15) is 5.10 Å². The first-order chi connectivity index (χ1) is 6.69. The van der Waals surface area contributed by atoms with E-state index < -0.39 is 0 Å². The van der Waals surface area contributed by atoms with E-state index in [0.717, 1.165) is 18.5 Å². The van der Waals surface area contributed by atoms with E-state index >= 15 is 0 Å². The molecule has 78 valence electrons. The minimum absolute atomic E-state index is 0.0613. The Morgan fingerprint density at radius 1 is 1.64 bits per heavy atom. The van der Waals surface area contributed by atoms with Gasteiger partial charge in [0.2, 0.25) is 0 Å². The summed E-state index contributed by atoms with van der Waals surface area (Å²) in [4.78, 5) is 0. The van der Waals surface area contributed by atoms with Gasteiger partial charge in [-0.1, -0.05) is 0 Å². The summed E-state index contributed by atoms with van der Waals surface area (Å²) >= 11 is 0. The first-order valence-corrected chi connectivity index (χ1v) is 4.98. The molecule has 1 saturated carbocycles. The fraction of sp³-hybridized carbons (Fsp3) is 0.700. The van der Waals surface area contributed by atoms with Crippen LogP contribution in [0.2, 0.25) is 0 Å². The van der Waals surface area contributed by atoms with Crippen LogP contribution < -0.4 is 5.73 Å². The molecule has 1 atom stereocenters. The van der Waals surface area contributed by atoms with Crippen LogP contribution in [-0.2, 0) is 11.8 Å². The molecular formula is C10H17N3O. The molecule has 1 unspecified atom stereocenters. The average Bonchev–Trinajstić information content (AvgIpc) is 2.50. The highest BCUT2D eigenvalue weighted by atomic mass is 16.5. The zero-order chi connectivity index (χ0) is 10.2. The molecule has 4 nitrogen and oxygen atoms in total. The van der Waals surface area contributed by atoms with Crippen molar-refractivity contribution >= 4 is 0 Å². The molecule has 0 radical (unpaired) electrons. The van der Waals surface area contributed by atoms with Gasteiger partial charge in [-0.15, -0.1) is 0 Å². The molecule has 1 aromatic rings. The zero-order valence-corrected chi connectivity index (χ0v) is 8.73. The van der Waals surface area contributed by atoms with Crippen molar-refractivity contribution in [3.63, 3.8) is 0 Å². The maximum atomic E-state index is 6.21. The van der Waals surface area contributed by atoms with Crippen molar-refractivity contribution in [2.45, 2.75) is 30.9 Å². The molecule has 1 aliphatic rings.